The maximum Gasteiger partial charge on any atom is 0.312 e. The van der Waals surface area contributed by atoms with Gasteiger partial charge in [-0.25, -0.2) is 31.3 Å². The number of pyridine rings is 2. The number of H-pyrrole nitrogens is 1. The normalized spacial score (nSPS) is 22.0. The lowest BCUT2D eigenvalue weighted by atomic mass is 9.59. The van der Waals surface area contributed by atoms with E-state index in [9.17, 15) is 37.2 Å². The van der Waals surface area contributed by atoms with Crippen LogP contribution in [0.5, 0.6) is 17.4 Å². The summed E-state index contributed by atoms with van der Waals surface area (Å²) in [6, 6.07) is 20.4. The van der Waals surface area contributed by atoms with Gasteiger partial charge in [0, 0.05) is 87.5 Å². The smallest absolute Gasteiger partial charge is 0.312 e. The lowest BCUT2D eigenvalue weighted by Crippen LogP contribution is -2.61. The Balaban J connectivity index is 0.871. The minimum atomic E-state index is -4.77. The van der Waals surface area contributed by atoms with Gasteiger partial charge in [-0.05, 0) is 130 Å². The van der Waals surface area contributed by atoms with Crippen molar-refractivity contribution in [2.75, 3.05) is 49.5 Å². The van der Waals surface area contributed by atoms with Gasteiger partial charge in [-0.2, -0.15) is 4.98 Å². The Kier molecular flexibility index (Phi) is 15.7. The van der Waals surface area contributed by atoms with Crippen molar-refractivity contribution < 1.29 is 45.9 Å². The van der Waals surface area contributed by atoms with Crippen LogP contribution in [0.3, 0.4) is 0 Å². The monoisotopic (exact) mass is 1110 g/mol. The fourth-order valence-electron chi connectivity index (χ4n) is 12.2. The molecule has 79 heavy (non-hydrogen) atoms. The lowest BCUT2D eigenvalue weighted by molar-refractivity contribution is -0.384. The molecule has 5 heterocycles. The first-order valence-corrected chi connectivity index (χ1v) is 28.7. The summed E-state index contributed by atoms with van der Waals surface area (Å²) < 4.78 is 85.4. The number of aromatic nitrogens is 3. The van der Waals surface area contributed by atoms with E-state index in [-0.39, 0.29) is 69.8 Å². The van der Waals surface area contributed by atoms with Crippen molar-refractivity contribution in [2.45, 2.75) is 127 Å². The quantitative estimate of drug-likeness (QED) is 0.0495. The van der Waals surface area contributed by atoms with Crippen LogP contribution in [-0.2, 0) is 16.6 Å². The number of sulfonamides is 1. The number of aromatic amines is 1. The number of carbonyl (C=O) groups excluding carboxylic acids is 1. The summed E-state index contributed by atoms with van der Waals surface area (Å²) >= 11 is 0. The summed E-state index contributed by atoms with van der Waals surface area (Å²) in [4.78, 5) is 43.7. The zero-order valence-electron chi connectivity index (χ0n) is 45.1. The van der Waals surface area contributed by atoms with Gasteiger partial charge < -0.3 is 29.8 Å². The van der Waals surface area contributed by atoms with Crippen LogP contribution in [0, 0.1) is 38.9 Å². The molecule has 3 aromatic heterocycles. The Hall–Kier alpha value is -6.81. The molecule has 0 radical (unpaired) electrons. The third kappa shape index (κ3) is 11.9. The summed E-state index contributed by atoms with van der Waals surface area (Å²) in [6.07, 6.45) is 8.44. The molecular weight excluding hydrogens is 1040 g/mol. The molecule has 0 bridgehead atoms. The summed E-state index contributed by atoms with van der Waals surface area (Å²) in [6.45, 7) is 14.0. The van der Waals surface area contributed by atoms with E-state index in [2.05, 4.69) is 84.7 Å². The summed E-state index contributed by atoms with van der Waals surface area (Å²) in [5.41, 5.74) is 2.73. The van der Waals surface area contributed by atoms with Gasteiger partial charge in [-0.3, -0.25) is 24.7 Å². The Morgan fingerprint density at radius 3 is 2.42 bits per heavy atom. The second-order valence-corrected chi connectivity index (χ2v) is 24.3. The number of carbonyl (C=O) groups is 1. The molecule has 2 atom stereocenters. The maximum atomic E-state index is 15.0. The highest BCUT2D eigenvalue weighted by molar-refractivity contribution is 7.90. The first-order valence-electron chi connectivity index (χ1n) is 27.3. The van der Waals surface area contributed by atoms with E-state index in [1.54, 1.807) is 32.0 Å². The summed E-state index contributed by atoms with van der Waals surface area (Å²) in [7, 11) is -4.77. The van der Waals surface area contributed by atoms with Crippen molar-refractivity contribution in [3.63, 3.8) is 0 Å². The Bertz CT molecular complexity index is 3350. The first-order chi connectivity index (χ1) is 37.7. The minimum Gasteiger partial charge on any atom is -0.475 e. The minimum absolute atomic E-state index is 0.00265. The van der Waals surface area contributed by atoms with Gasteiger partial charge in [0.25, 0.3) is 21.8 Å². The highest BCUT2D eigenvalue weighted by atomic mass is 32.2. The number of hydrogen-bond donors (Lipinski definition) is 4. The number of aliphatic hydroxyl groups is 1. The van der Waals surface area contributed by atoms with Crippen LogP contribution in [0.2, 0.25) is 0 Å². The fraction of sp³-hybridized carbons (Fsp3) is 0.466. The predicted molar refractivity (Wildman–Crippen MR) is 293 cm³/mol. The van der Waals surface area contributed by atoms with Crippen molar-refractivity contribution in [3.8, 4) is 17.4 Å². The molecule has 10 rings (SSSR count). The van der Waals surface area contributed by atoms with E-state index in [0.29, 0.717) is 69.5 Å². The third-order valence-electron chi connectivity index (χ3n) is 16.8. The van der Waals surface area contributed by atoms with Crippen LogP contribution in [-0.4, -0.2) is 106 Å². The Morgan fingerprint density at radius 1 is 0.962 bits per heavy atom. The van der Waals surface area contributed by atoms with Gasteiger partial charge in [0.05, 0.1) is 34.3 Å². The molecular formula is C58H68F3N9O8S. The van der Waals surface area contributed by atoms with Crippen LogP contribution in [0.15, 0.2) is 90.1 Å². The molecule has 4 aliphatic rings. The van der Waals surface area contributed by atoms with Gasteiger partial charge in [-0.15, -0.1) is 0 Å². The molecule has 3 aromatic carbocycles. The molecule has 4 fully saturated rings. The molecule has 1 amide bonds. The first kappa shape index (κ1) is 55.5. The summed E-state index contributed by atoms with van der Waals surface area (Å²) in [5.74, 6) is -3.23. The number of amides is 1. The van der Waals surface area contributed by atoms with Gasteiger partial charge in [0.15, 0.2) is 17.4 Å². The van der Waals surface area contributed by atoms with Crippen LogP contribution < -0.4 is 24.4 Å². The number of nitrogens with one attached hydrogen (secondary N) is 3. The van der Waals surface area contributed by atoms with Crippen molar-refractivity contribution in [1.29, 1.82) is 0 Å². The van der Waals surface area contributed by atoms with Crippen molar-refractivity contribution in [2.24, 2.45) is 11.3 Å². The molecule has 2 saturated heterocycles. The molecule has 2 aliphatic carbocycles. The highest BCUT2D eigenvalue weighted by Crippen LogP contribution is 2.54. The molecule has 17 nitrogen and oxygen atoms in total. The zero-order valence-corrected chi connectivity index (χ0v) is 45.9. The average Bonchev–Trinajstić information content (AvgIpc) is 3.96. The molecule has 2 saturated carbocycles. The van der Waals surface area contributed by atoms with Gasteiger partial charge >= 0.3 is 5.69 Å². The number of fused-ring (bicyclic) bond motifs is 1. The van der Waals surface area contributed by atoms with E-state index < -0.39 is 54.5 Å². The van der Waals surface area contributed by atoms with E-state index in [4.69, 9.17) is 9.47 Å². The third-order valence-corrected chi connectivity index (χ3v) is 18.1. The number of ether oxygens (including phenoxy) is 2. The Morgan fingerprint density at radius 2 is 1.71 bits per heavy atom. The largest absolute Gasteiger partial charge is 0.475 e. The number of nitrogens with zero attached hydrogens (tertiary/aromatic N) is 6. The van der Waals surface area contributed by atoms with Crippen LogP contribution in [0.25, 0.3) is 11.0 Å². The number of anilines is 2. The van der Waals surface area contributed by atoms with Crippen LogP contribution in [0.4, 0.5) is 30.4 Å². The van der Waals surface area contributed by atoms with Gasteiger partial charge in [0.1, 0.15) is 22.1 Å². The van der Waals surface area contributed by atoms with Crippen LogP contribution >= 0.6 is 0 Å². The lowest BCUT2D eigenvalue weighted by Gasteiger charge is -2.59. The van der Waals surface area contributed by atoms with E-state index in [1.165, 1.54) is 35.4 Å². The summed E-state index contributed by atoms with van der Waals surface area (Å²) in [5, 5.41) is 25.7. The number of piperazine rings is 1. The van der Waals surface area contributed by atoms with Crippen molar-refractivity contribution in [1.82, 2.24) is 29.5 Å². The molecule has 21 heteroatoms. The molecule has 2 aliphatic heterocycles. The average molecular weight is 1110 g/mol. The predicted octanol–water partition coefficient (Wildman–Crippen LogP) is 10.8. The van der Waals surface area contributed by atoms with E-state index >= 15 is 4.39 Å². The molecule has 6 aromatic rings. The standard InChI is InChI=1S/C58H68F3N9O8S/c1-6-77-56-52(26-45-48(61)31-64-53(45)65-56)78-51-24-39(12-13-44(51)55(71)66-79(75,76)41-25-49(70(73)74)54(63-30-41)62-29-37-15-17-57(5,72)18-16-37)67-21-19-58(20-22-67)27-40(28-58)69-32-36(4)68(33-38-11-14-46(59)47(60)23-38)34-50(69)43-10-8-7-9-42(43)35(2)3/h7-14,23-26,30-31,35-37,40,50,72H,6,15-22,27-29,32-34H2,1-5H3,(H,62,63)(H,64,65)(H,66,71)/t36-,37?,50+,57?/m1/s1. The number of rotatable bonds is 17. The van der Waals surface area contributed by atoms with Crippen LogP contribution in [0.1, 0.15) is 125 Å². The second-order valence-electron chi connectivity index (χ2n) is 22.7. The highest BCUT2D eigenvalue weighted by Gasteiger charge is 2.51. The van der Waals surface area contributed by atoms with Crippen molar-refractivity contribution >= 4 is 44.2 Å². The number of halogens is 3. The number of piperidine rings is 1. The molecule has 420 valence electrons. The number of hydrogen-bond acceptors (Lipinski definition) is 14. The molecule has 4 N–H and O–H groups in total. The topological polar surface area (TPSA) is 208 Å². The molecule has 0 unspecified atom stereocenters. The Labute approximate surface area is 458 Å². The van der Waals surface area contributed by atoms with Gasteiger partial charge in [0.2, 0.25) is 5.82 Å². The SMILES string of the molecule is CCOc1nc2[nH]cc(F)c2cc1Oc1cc(N2CCC3(CC2)CC(N2C[C@@H](C)N(Cc4ccc(F)c(F)c4)C[C@H]2c2ccccc2C(C)C)C3)ccc1C(=O)NS(=O)(=O)c1cnc(NCC2CCC(C)(O)CC2)c([N+](=O)[O-])c1. The number of nitro groups is 1. The van der Waals surface area contributed by atoms with E-state index in [1.807, 2.05) is 0 Å². The zero-order chi connectivity index (χ0) is 56.0. The fourth-order valence-corrected chi connectivity index (χ4v) is 13.1. The van der Waals surface area contributed by atoms with Gasteiger partial charge in [-0.1, -0.05) is 44.2 Å². The second kappa shape index (κ2) is 22.4. The van der Waals surface area contributed by atoms with E-state index in [0.717, 1.165) is 62.8 Å². The number of benzene rings is 3. The van der Waals surface area contributed by atoms with Crippen molar-refractivity contribution in [3.05, 3.63) is 135 Å². The maximum absolute atomic E-state index is 15.0. The molecule has 1 spiro atoms.